The van der Waals surface area contributed by atoms with E-state index in [0.29, 0.717) is 23.4 Å². The van der Waals surface area contributed by atoms with Crippen molar-refractivity contribution in [3.8, 4) is 0 Å². The van der Waals surface area contributed by atoms with E-state index in [0.717, 1.165) is 52.8 Å². The maximum Gasteiger partial charge on any atom is 0.254 e. The summed E-state index contributed by atoms with van der Waals surface area (Å²) in [5.41, 5.74) is 2.73. The van der Waals surface area contributed by atoms with E-state index in [2.05, 4.69) is 32.3 Å². The predicted octanol–water partition coefficient (Wildman–Crippen LogP) is 5.32. The highest BCUT2D eigenvalue weighted by Gasteiger charge is 2.30. The van der Waals surface area contributed by atoms with Gasteiger partial charge in [0.05, 0.1) is 10.2 Å². The van der Waals surface area contributed by atoms with Gasteiger partial charge in [0.25, 0.3) is 5.91 Å². The Balaban J connectivity index is 1.41. The second kappa shape index (κ2) is 11.1. The van der Waals surface area contributed by atoms with Crippen LogP contribution >= 0.6 is 15.9 Å². The van der Waals surface area contributed by atoms with Crippen LogP contribution in [-0.4, -0.2) is 52.8 Å². The number of halogens is 1. The average molecular weight is 557 g/mol. The minimum Gasteiger partial charge on any atom is -0.367 e. The van der Waals surface area contributed by atoms with Crippen LogP contribution < -0.4 is 5.32 Å². The smallest absolute Gasteiger partial charge is 0.254 e. The summed E-state index contributed by atoms with van der Waals surface area (Å²) in [7, 11) is 1.93. The molecule has 1 fully saturated rings. The molecule has 3 heterocycles. The van der Waals surface area contributed by atoms with Gasteiger partial charge in [-0.1, -0.05) is 42.5 Å². The van der Waals surface area contributed by atoms with Crippen molar-refractivity contribution >= 4 is 44.5 Å². The fourth-order valence-corrected chi connectivity index (χ4v) is 5.27. The first kappa shape index (κ1) is 24.9. The van der Waals surface area contributed by atoms with Crippen LogP contribution in [0.2, 0.25) is 0 Å². The molecule has 5 rings (SSSR count). The van der Waals surface area contributed by atoms with Crippen LogP contribution in [0.25, 0.3) is 10.8 Å². The molecule has 2 aliphatic rings. The van der Waals surface area contributed by atoms with Crippen LogP contribution in [0.1, 0.15) is 28.8 Å². The van der Waals surface area contributed by atoms with Crippen molar-refractivity contribution in [2.45, 2.75) is 19.4 Å². The molecule has 37 heavy (non-hydrogen) atoms. The topological polar surface area (TPSA) is 84.7 Å². The van der Waals surface area contributed by atoms with Gasteiger partial charge in [0.2, 0.25) is 0 Å². The summed E-state index contributed by atoms with van der Waals surface area (Å²) in [5, 5.41) is 13.3. The lowest BCUT2D eigenvalue weighted by Gasteiger charge is -2.36. The molecular weight excluding hydrogens is 528 g/mol. The number of aromatic nitrogens is 1. The van der Waals surface area contributed by atoms with Gasteiger partial charge in [-0.15, -0.1) is 0 Å². The number of rotatable bonds is 6. The lowest BCUT2D eigenvalue weighted by Crippen LogP contribution is -2.43. The molecule has 2 aliphatic heterocycles. The molecule has 0 bridgehead atoms. The van der Waals surface area contributed by atoms with Crippen molar-refractivity contribution in [1.82, 2.24) is 20.1 Å². The molecule has 1 unspecified atom stereocenters. The summed E-state index contributed by atoms with van der Waals surface area (Å²) in [4.78, 5) is 26.7. The molecule has 0 saturated carbocycles. The molecular formula is C29H29BrN6O. The highest BCUT2D eigenvalue weighted by Crippen LogP contribution is 2.29. The summed E-state index contributed by atoms with van der Waals surface area (Å²) in [6.07, 6.45) is 8.79. The van der Waals surface area contributed by atoms with Crippen molar-refractivity contribution in [3.63, 3.8) is 0 Å². The lowest BCUT2D eigenvalue weighted by molar-refractivity contribution is 0.0705. The van der Waals surface area contributed by atoms with Crippen LogP contribution in [0.5, 0.6) is 0 Å². The normalized spacial score (nSPS) is 19.2. The second-order valence-corrected chi connectivity index (χ2v) is 10.1. The van der Waals surface area contributed by atoms with Crippen LogP contribution in [0, 0.1) is 11.3 Å². The number of hydrogen-bond acceptors (Lipinski definition) is 6. The first-order valence-corrected chi connectivity index (χ1v) is 13.2. The number of allylic oxidation sites excluding steroid dienone is 2. The number of nitrogens with zero attached hydrogens (tertiary/aromatic N) is 4. The van der Waals surface area contributed by atoms with Gasteiger partial charge in [-0.3, -0.25) is 9.78 Å². The number of likely N-dealkylation sites (tertiary alicyclic amines) is 1. The fourth-order valence-electron chi connectivity index (χ4n) is 4.92. The van der Waals surface area contributed by atoms with Crippen molar-refractivity contribution < 1.29 is 4.79 Å². The van der Waals surface area contributed by atoms with E-state index in [4.69, 9.17) is 10.4 Å². The molecule has 188 valence electrons. The lowest BCUT2D eigenvalue weighted by atomic mass is 9.91. The summed E-state index contributed by atoms with van der Waals surface area (Å²) >= 11 is 3.50. The molecule has 0 spiro atoms. The first-order valence-electron chi connectivity index (χ1n) is 12.4. The van der Waals surface area contributed by atoms with Gasteiger partial charge in [0.15, 0.2) is 0 Å². The Morgan fingerprint density at radius 2 is 2.03 bits per heavy atom. The number of nitrogens with one attached hydrogen (secondary N) is 2. The largest absolute Gasteiger partial charge is 0.367 e. The fraction of sp³-hybridized carbons (Fsp3) is 0.241. The quantitative estimate of drug-likeness (QED) is 0.402. The monoisotopic (exact) mass is 556 g/mol. The number of amides is 1. The number of benzene rings is 2. The van der Waals surface area contributed by atoms with Gasteiger partial charge in [-0.05, 0) is 57.2 Å². The molecule has 1 amide bonds. The van der Waals surface area contributed by atoms with Crippen molar-refractivity contribution in [3.05, 3.63) is 100 Å². The van der Waals surface area contributed by atoms with E-state index < -0.39 is 0 Å². The standard InChI is InChI=1S/C29H29BrN6O/c1-35-27(33-18-20-7-5-13-32-17-20)15-26(34-28(35)25(30)16-31)22-10-6-14-36(19-22)29(37)24-12-4-9-21-8-2-3-11-23(21)24/h2-5,7-9,11-13,15-17,22,31,33H,6,10,14,18-19H2,1H3/b28-25+,31-16?. The number of carbonyl (C=O) groups is 1. The van der Waals surface area contributed by atoms with Crippen LogP contribution in [0.15, 0.2) is 94.2 Å². The van der Waals surface area contributed by atoms with Crippen molar-refractivity contribution in [2.75, 3.05) is 20.1 Å². The molecule has 1 atom stereocenters. The molecule has 2 aromatic carbocycles. The molecule has 7 nitrogen and oxygen atoms in total. The van der Waals surface area contributed by atoms with Gasteiger partial charge < -0.3 is 20.5 Å². The zero-order chi connectivity index (χ0) is 25.8. The molecule has 0 radical (unpaired) electrons. The summed E-state index contributed by atoms with van der Waals surface area (Å²) < 4.78 is 0.598. The molecule has 1 saturated heterocycles. The van der Waals surface area contributed by atoms with Gasteiger partial charge in [0.1, 0.15) is 11.6 Å². The van der Waals surface area contributed by atoms with E-state index in [1.165, 1.54) is 6.21 Å². The molecule has 3 aromatic rings. The third-order valence-electron chi connectivity index (χ3n) is 6.88. The highest BCUT2D eigenvalue weighted by atomic mass is 79.9. The number of piperidine rings is 1. The Hall–Kier alpha value is -3.78. The number of aliphatic imine (C=N–C) groups is 1. The zero-order valence-electron chi connectivity index (χ0n) is 20.7. The van der Waals surface area contributed by atoms with E-state index in [9.17, 15) is 4.79 Å². The third kappa shape index (κ3) is 5.34. The summed E-state index contributed by atoms with van der Waals surface area (Å²) in [5.74, 6) is 1.71. The average Bonchev–Trinajstić information content (AvgIpc) is 2.96. The molecule has 0 aliphatic carbocycles. The maximum atomic E-state index is 13.6. The number of carbonyl (C=O) groups excluding carboxylic acids is 1. The highest BCUT2D eigenvalue weighted by molar-refractivity contribution is 9.12. The number of hydrogen-bond donors (Lipinski definition) is 2. The van der Waals surface area contributed by atoms with Crippen molar-refractivity contribution in [1.29, 1.82) is 5.41 Å². The van der Waals surface area contributed by atoms with Gasteiger partial charge >= 0.3 is 0 Å². The van der Waals surface area contributed by atoms with E-state index in [1.54, 1.807) is 6.20 Å². The van der Waals surface area contributed by atoms with Crippen LogP contribution in [0.4, 0.5) is 0 Å². The van der Waals surface area contributed by atoms with E-state index in [1.807, 2.05) is 77.6 Å². The Morgan fingerprint density at radius 1 is 1.19 bits per heavy atom. The van der Waals surface area contributed by atoms with Crippen molar-refractivity contribution in [2.24, 2.45) is 10.9 Å². The van der Waals surface area contributed by atoms with Crippen LogP contribution in [0.3, 0.4) is 0 Å². The Morgan fingerprint density at radius 3 is 2.84 bits per heavy atom. The minimum atomic E-state index is 0.0605. The molecule has 8 heteroatoms. The Bertz CT molecular complexity index is 1410. The SMILES string of the molecule is CN1C(NCc2cccnc2)=CC(C2CCCN(C(=O)c3cccc4ccccc34)C2)=N/C1=C(\Br)C=N. The van der Waals surface area contributed by atoms with E-state index >= 15 is 0 Å². The third-order valence-corrected chi connectivity index (χ3v) is 7.47. The van der Waals surface area contributed by atoms with Crippen LogP contribution in [-0.2, 0) is 6.54 Å². The van der Waals surface area contributed by atoms with Gasteiger partial charge in [-0.25, -0.2) is 4.99 Å². The summed E-state index contributed by atoms with van der Waals surface area (Å²) in [6, 6.07) is 17.9. The summed E-state index contributed by atoms with van der Waals surface area (Å²) in [6.45, 7) is 1.95. The minimum absolute atomic E-state index is 0.0605. The second-order valence-electron chi connectivity index (χ2n) is 9.27. The number of pyridine rings is 1. The maximum absolute atomic E-state index is 13.6. The molecule has 2 N–H and O–H groups in total. The Labute approximate surface area is 225 Å². The van der Waals surface area contributed by atoms with E-state index in [-0.39, 0.29) is 11.8 Å². The van der Waals surface area contributed by atoms with Gasteiger partial charge in [-0.2, -0.15) is 0 Å². The first-order chi connectivity index (χ1) is 18.0. The zero-order valence-corrected chi connectivity index (χ0v) is 22.3. The predicted molar refractivity (Wildman–Crippen MR) is 152 cm³/mol. The molecule has 1 aromatic heterocycles. The van der Waals surface area contributed by atoms with Gasteiger partial charge in [0, 0.05) is 62.8 Å². The number of fused-ring (bicyclic) bond motifs is 1. The Kier molecular flexibility index (Phi) is 7.46.